The van der Waals surface area contributed by atoms with Gasteiger partial charge in [0.15, 0.2) is 0 Å². The highest BCUT2D eigenvalue weighted by atomic mass is 32.2. The van der Waals surface area contributed by atoms with Crippen LogP contribution in [0.2, 0.25) is 0 Å². The van der Waals surface area contributed by atoms with E-state index in [9.17, 15) is 0 Å². The minimum Gasteiger partial charge on any atom is -0.327 e. The highest BCUT2D eigenvalue weighted by molar-refractivity contribution is 7.99. The molecule has 1 saturated carbocycles. The third-order valence-electron chi connectivity index (χ3n) is 3.41. The SMILES string of the molecule is CCSCCC1CC(C)(C)CCC1N. The van der Waals surface area contributed by atoms with Crippen molar-refractivity contribution in [1.29, 1.82) is 0 Å². The Morgan fingerprint density at radius 1 is 1.43 bits per heavy atom. The zero-order valence-electron chi connectivity index (χ0n) is 9.88. The van der Waals surface area contributed by atoms with Gasteiger partial charge in [-0.15, -0.1) is 0 Å². The molecule has 0 aromatic rings. The summed E-state index contributed by atoms with van der Waals surface area (Å²) in [6.45, 7) is 7.01. The zero-order valence-corrected chi connectivity index (χ0v) is 10.7. The van der Waals surface area contributed by atoms with Crippen molar-refractivity contribution in [1.82, 2.24) is 0 Å². The normalized spacial score (nSPS) is 31.7. The van der Waals surface area contributed by atoms with Crippen molar-refractivity contribution in [2.45, 2.75) is 52.5 Å². The van der Waals surface area contributed by atoms with Gasteiger partial charge in [0.2, 0.25) is 0 Å². The molecule has 0 spiro atoms. The number of hydrogen-bond acceptors (Lipinski definition) is 2. The summed E-state index contributed by atoms with van der Waals surface area (Å²) < 4.78 is 0. The summed E-state index contributed by atoms with van der Waals surface area (Å²) in [4.78, 5) is 0. The van der Waals surface area contributed by atoms with Gasteiger partial charge in [-0.05, 0) is 48.5 Å². The lowest BCUT2D eigenvalue weighted by Crippen LogP contribution is -2.39. The fraction of sp³-hybridized carbons (Fsp3) is 1.00. The van der Waals surface area contributed by atoms with Crippen molar-refractivity contribution in [3.63, 3.8) is 0 Å². The molecule has 2 unspecified atom stereocenters. The van der Waals surface area contributed by atoms with E-state index in [1.54, 1.807) is 0 Å². The maximum absolute atomic E-state index is 6.17. The van der Waals surface area contributed by atoms with Crippen molar-refractivity contribution in [2.24, 2.45) is 17.1 Å². The molecule has 1 rings (SSSR count). The largest absolute Gasteiger partial charge is 0.327 e. The molecule has 1 nitrogen and oxygen atoms in total. The van der Waals surface area contributed by atoms with Crippen LogP contribution >= 0.6 is 11.8 Å². The van der Waals surface area contributed by atoms with Gasteiger partial charge in [-0.2, -0.15) is 11.8 Å². The number of thioether (sulfide) groups is 1. The first-order chi connectivity index (χ1) is 6.55. The predicted octanol–water partition coefficient (Wildman–Crippen LogP) is 3.28. The van der Waals surface area contributed by atoms with Gasteiger partial charge in [-0.1, -0.05) is 20.8 Å². The van der Waals surface area contributed by atoms with Crippen LogP contribution in [0.5, 0.6) is 0 Å². The first-order valence-corrected chi connectivity index (χ1v) is 7.04. The summed E-state index contributed by atoms with van der Waals surface area (Å²) in [6, 6.07) is 0.473. The lowest BCUT2D eigenvalue weighted by Gasteiger charge is -2.39. The summed E-state index contributed by atoms with van der Waals surface area (Å²) in [7, 11) is 0. The highest BCUT2D eigenvalue weighted by Crippen LogP contribution is 2.39. The fourth-order valence-corrected chi connectivity index (χ4v) is 3.21. The van der Waals surface area contributed by atoms with Crippen molar-refractivity contribution < 1.29 is 0 Å². The van der Waals surface area contributed by atoms with Gasteiger partial charge < -0.3 is 5.73 Å². The van der Waals surface area contributed by atoms with Crippen molar-refractivity contribution in [3.8, 4) is 0 Å². The monoisotopic (exact) mass is 215 g/mol. The van der Waals surface area contributed by atoms with Crippen LogP contribution in [-0.2, 0) is 0 Å². The molecule has 2 heteroatoms. The van der Waals surface area contributed by atoms with E-state index < -0.39 is 0 Å². The predicted molar refractivity (Wildman–Crippen MR) is 66.7 cm³/mol. The zero-order chi connectivity index (χ0) is 10.6. The Labute approximate surface area is 93.2 Å². The van der Waals surface area contributed by atoms with Crippen LogP contribution in [0.15, 0.2) is 0 Å². The first kappa shape index (κ1) is 12.4. The maximum Gasteiger partial charge on any atom is 0.00678 e. The summed E-state index contributed by atoms with van der Waals surface area (Å²) in [5.74, 6) is 3.31. The van der Waals surface area contributed by atoms with Gasteiger partial charge >= 0.3 is 0 Å². The smallest absolute Gasteiger partial charge is 0.00678 e. The minimum absolute atomic E-state index is 0.473. The standard InChI is InChI=1S/C12H25NS/c1-4-14-8-6-10-9-12(2,3)7-5-11(10)13/h10-11H,4-9,13H2,1-3H3. The lowest BCUT2D eigenvalue weighted by molar-refractivity contribution is 0.155. The molecule has 0 aromatic carbocycles. The van der Waals surface area contributed by atoms with Crippen LogP contribution in [-0.4, -0.2) is 17.5 Å². The summed E-state index contributed by atoms with van der Waals surface area (Å²) in [6.07, 6.45) is 5.20. The topological polar surface area (TPSA) is 26.0 Å². The third kappa shape index (κ3) is 3.82. The van der Waals surface area contributed by atoms with Crippen molar-refractivity contribution in [2.75, 3.05) is 11.5 Å². The van der Waals surface area contributed by atoms with E-state index in [2.05, 4.69) is 20.8 Å². The second kappa shape index (κ2) is 5.41. The van der Waals surface area contributed by atoms with Gasteiger partial charge in [0.25, 0.3) is 0 Å². The molecule has 0 radical (unpaired) electrons. The lowest BCUT2D eigenvalue weighted by atomic mass is 9.69. The second-order valence-corrected chi connectivity index (χ2v) is 6.71. The van der Waals surface area contributed by atoms with Gasteiger partial charge in [-0.25, -0.2) is 0 Å². The van der Waals surface area contributed by atoms with Crippen LogP contribution in [0.4, 0.5) is 0 Å². The third-order valence-corrected chi connectivity index (χ3v) is 4.34. The Bertz CT molecular complexity index is 168. The van der Waals surface area contributed by atoms with E-state index >= 15 is 0 Å². The molecular formula is C12H25NS. The molecule has 0 bridgehead atoms. The first-order valence-electron chi connectivity index (χ1n) is 5.88. The van der Waals surface area contributed by atoms with Gasteiger partial charge in [-0.3, -0.25) is 0 Å². The van der Waals surface area contributed by atoms with E-state index in [1.165, 1.54) is 37.2 Å². The average Bonchev–Trinajstić information content (AvgIpc) is 2.11. The van der Waals surface area contributed by atoms with Crippen LogP contribution in [0, 0.1) is 11.3 Å². The van der Waals surface area contributed by atoms with Gasteiger partial charge in [0.1, 0.15) is 0 Å². The molecule has 1 aliphatic rings. The molecule has 0 amide bonds. The summed E-state index contributed by atoms with van der Waals surface area (Å²) >= 11 is 2.05. The molecule has 0 heterocycles. The molecule has 84 valence electrons. The van der Waals surface area contributed by atoms with E-state index in [0.29, 0.717) is 11.5 Å². The fourth-order valence-electron chi connectivity index (χ4n) is 2.45. The molecular weight excluding hydrogens is 190 g/mol. The Balaban J connectivity index is 2.33. The van der Waals surface area contributed by atoms with Gasteiger partial charge in [0.05, 0.1) is 0 Å². The summed E-state index contributed by atoms with van der Waals surface area (Å²) in [5, 5.41) is 0. The van der Waals surface area contributed by atoms with Crippen molar-refractivity contribution in [3.05, 3.63) is 0 Å². The van der Waals surface area contributed by atoms with Crippen molar-refractivity contribution >= 4 is 11.8 Å². The van der Waals surface area contributed by atoms with E-state index in [0.717, 1.165) is 5.92 Å². The molecule has 1 aliphatic carbocycles. The molecule has 0 aliphatic heterocycles. The Morgan fingerprint density at radius 3 is 2.79 bits per heavy atom. The van der Waals surface area contributed by atoms with E-state index in [1.807, 2.05) is 11.8 Å². The quantitative estimate of drug-likeness (QED) is 0.728. The minimum atomic E-state index is 0.473. The Kier molecular flexibility index (Phi) is 4.78. The second-order valence-electron chi connectivity index (χ2n) is 5.32. The number of rotatable bonds is 4. The molecule has 0 aromatic heterocycles. The van der Waals surface area contributed by atoms with E-state index in [-0.39, 0.29) is 0 Å². The highest BCUT2D eigenvalue weighted by Gasteiger charge is 2.32. The average molecular weight is 215 g/mol. The Hall–Kier alpha value is 0.310. The molecule has 0 saturated heterocycles. The van der Waals surface area contributed by atoms with Gasteiger partial charge in [0, 0.05) is 6.04 Å². The van der Waals surface area contributed by atoms with E-state index in [4.69, 9.17) is 5.73 Å². The van der Waals surface area contributed by atoms with Crippen LogP contribution in [0.3, 0.4) is 0 Å². The number of hydrogen-bond donors (Lipinski definition) is 1. The Morgan fingerprint density at radius 2 is 2.14 bits per heavy atom. The van der Waals surface area contributed by atoms with Crippen LogP contribution < -0.4 is 5.73 Å². The van der Waals surface area contributed by atoms with Crippen LogP contribution in [0.1, 0.15) is 46.5 Å². The molecule has 2 N–H and O–H groups in total. The van der Waals surface area contributed by atoms with Crippen LogP contribution in [0.25, 0.3) is 0 Å². The molecule has 2 atom stereocenters. The maximum atomic E-state index is 6.17. The molecule has 1 fully saturated rings. The summed E-state index contributed by atoms with van der Waals surface area (Å²) in [5.41, 5.74) is 6.71. The number of nitrogens with two attached hydrogens (primary N) is 1. The molecule has 14 heavy (non-hydrogen) atoms.